The van der Waals surface area contributed by atoms with Crippen LogP contribution in [-0.4, -0.2) is 60.7 Å². The number of Topliss-reactive ketones (excluding diaryl/α,β-unsaturated/α-hetero) is 1. The van der Waals surface area contributed by atoms with Gasteiger partial charge in [0.2, 0.25) is 5.91 Å². The number of nitro benzene ring substituents is 1. The smallest absolute Gasteiger partial charge is 0.407 e. The Kier molecular flexibility index (Phi) is 10.1. The zero-order valence-electron chi connectivity index (χ0n) is 22.0. The first-order valence-corrected chi connectivity index (χ1v) is 15.8. The molecule has 1 aliphatic rings. The average molecular weight is 540 g/mol. The van der Waals surface area contributed by atoms with Crippen LogP contribution in [0.25, 0.3) is 0 Å². The molecule has 1 saturated heterocycles. The number of carbonyl (C=O) groups is 3. The highest BCUT2D eigenvalue weighted by Gasteiger charge is 2.51. The number of non-ortho nitro benzene ring substituents is 1. The molecule has 2 amide bonds. The number of rotatable bonds is 12. The third kappa shape index (κ3) is 7.78. The van der Waals surface area contributed by atoms with Crippen LogP contribution in [0.3, 0.4) is 0 Å². The predicted molar refractivity (Wildman–Crippen MR) is 141 cm³/mol. The molecule has 0 bridgehead atoms. The molecule has 2 N–H and O–H groups in total. The monoisotopic (exact) mass is 539 g/mol. The van der Waals surface area contributed by atoms with Crippen molar-refractivity contribution >= 4 is 43.6 Å². The second-order valence-corrected chi connectivity index (χ2v) is 16.5. The number of thioether (sulfide) groups is 1. The van der Waals surface area contributed by atoms with Gasteiger partial charge in [0.1, 0.15) is 12.4 Å². The van der Waals surface area contributed by atoms with Gasteiger partial charge in [-0.15, -0.1) is 11.8 Å². The summed E-state index contributed by atoms with van der Waals surface area (Å²) in [6.07, 6.45) is -0.931. The van der Waals surface area contributed by atoms with Crippen molar-refractivity contribution in [3.8, 4) is 0 Å². The molecule has 1 unspecified atom stereocenters. The second-order valence-electron chi connectivity index (χ2n) is 10.5. The molecule has 200 valence electrons. The van der Waals surface area contributed by atoms with Crippen LogP contribution < -0.4 is 10.6 Å². The van der Waals surface area contributed by atoms with Gasteiger partial charge in [0, 0.05) is 24.4 Å². The third-order valence-electron chi connectivity index (χ3n) is 6.70. The molecule has 2 rings (SSSR count). The molecular weight excluding hydrogens is 502 g/mol. The van der Waals surface area contributed by atoms with Crippen LogP contribution in [-0.2, 0) is 25.4 Å². The molecule has 0 spiro atoms. The van der Waals surface area contributed by atoms with Crippen LogP contribution in [0.2, 0.25) is 18.1 Å². The molecule has 4 atom stereocenters. The first kappa shape index (κ1) is 29.8. The van der Waals surface area contributed by atoms with E-state index in [0.29, 0.717) is 11.3 Å². The summed E-state index contributed by atoms with van der Waals surface area (Å²) < 4.78 is 11.6. The van der Waals surface area contributed by atoms with E-state index >= 15 is 0 Å². The van der Waals surface area contributed by atoms with E-state index in [0.717, 1.165) is 0 Å². The lowest BCUT2D eigenvalue weighted by Gasteiger charge is -2.47. The molecule has 0 aliphatic carbocycles. The fourth-order valence-corrected chi connectivity index (χ4v) is 6.21. The number of alkyl carbamates (subject to hydrolysis) is 1. The minimum absolute atomic E-state index is 0.00442. The summed E-state index contributed by atoms with van der Waals surface area (Å²) in [7, 11) is -2.08. The lowest BCUT2D eigenvalue weighted by atomic mass is 9.83. The molecule has 10 nitrogen and oxygen atoms in total. The molecule has 36 heavy (non-hydrogen) atoms. The number of nitrogens with zero attached hydrogens (tertiary/aromatic N) is 1. The average Bonchev–Trinajstić information content (AvgIpc) is 2.75. The van der Waals surface area contributed by atoms with E-state index < -0.39 is 30.5 Å². The Morgan fingerprint density at radius 1 is 1.25 bits per heavy atom. The fraction of sp³-hybridized carbons (Fsp3) is 0.625. The summed E-state index contributed by atoms with van der Waals surface area (Å²) in [6.45, 7) is 14.4. The highest BCUT2D eigenvalue weighted by Crippen LogP contribution is 2.40. The van der Waals surface area contributed by atoms with E-state index in [4.69, 9.17) is 9.16 Å². The highest BCUT2D eigenvalue weighted by molar-refractivity contribution is 8.00. The van der Waals surface area contributed by atoms with Gasteiger partial charge in [-0.3, -0.25) is 19.7 Å². The van der Waals surface area contributed by atoms with E-state index in [1.807, 2.05) is 6.92 Å². The van der Waals surface area contributed by atoms with Gasteiger partial charge in [0.15, 0.2) is 8.32 Å². The number of carbonyl (C=O) groups excluding carboxylic acids is 3. The molecule has 1 aromatic carbocycles. The standard InChI is InChI=1S/C24H37N3O7SSi/c1-15(28)21(20-19(22(29)26-20)16(2)34-36(6,7)24(3,4)5)35-13-12-25-23(30)33-14-17-8-10-18(11-9-17)27(31)32/h8-11,16,19-21H,12-14H2,1-7H3,(H,25,30)(H,26,29)/t16-,19-,20-,21?/m1/s1. The van der Waals surface area contributed by atoms with E-state index in [9.17, 15) is 24.5 Å². The zero-order chi connectivity index (χ0) is 27.3. The van der Waals surface area contributed by atoms with Gasteiger partial charge in [0.25, 0.3) is 5.69 Å². The number of β-lactam (4-membered cyclic amide) rings is 1. The number of hydrogen-bond acceptors (Lipinski definition) is 8. The maximum absolute atomic E-state index is 12.4. The molecule has 0 radical (unpaired) electrons. The predicted octanol–water partition coefficient (Wildman–Crippen LogP) is 4.04. The Bertz CT molecular complexity index is 965. The van der Waals surface area contributed by atoms with Crippen LogP contribution in [0.1, 0.15) is 40.2 Å². The van der Waals surface area contributed by atoms with Gasteiger partial charge in [-0.25, -0.2) is 4.79 Å². The molecular formula is C24H37N3O7SSi. The van der Waals surface area contributed by atoms with E-state index in [-0.39, 0.29) is 47.7 Å². The van der Waals surface area contributed by atoms with Crippen LogP contribution in [0.5, 0.6) is 0 Å². The van der Waals surface area contributed by atoms with Crippen molar-refractivity contribution in [3.05, 3.63) is 39.9 Å². The Morgan fingerprint density at radius 3 is 2.36 bits per heavy atom. The summed E-state index contributed by atoms with van der Waals surface area (Å²) in [5, 5.41) is 15.8. The summed E-state index contributed by atoms with van der Waals surface area (Å²) in [5.74, 6) is -0.102. The van der Waals surface area contributed by atoms with Crippen molar-refractivity contribution in [1.82, 2.24) is 10.6 Å². The molecule has 1 aromatic rings. The first-order chi connectivity index (χ1) is 16.6. The minimum atomic E-state index is -2.08. The molecule has 1 heterocycles. The summed E-state index contributed by atoms with van der Waals surface area (Å²) in [4.78, 5) is 47.0. The van der Waals surface area contributed by atoms with Crippen LogP contribution in [0, 0.1) is 16.0 Å². The Morgan fingerprint density at radius 2 is 1.86 bits per heavy atom. The van der Waals surface area contributed by atoms with Gasteiger partial charge in [0.05, 0.1) is 28.2 Å². The number of nitrogens with one attached hydrogen (secondary N) is 2. The Labute approximate surface area is 217 Å². The highest BCUT2D eigenvalue weighted by atomic mass is 32.2. The number of benzene rings is 1. The molecule has 1 fully saturated rings. The van der Waals surface area contributed by atoms with Crippen LogP contribution in [0.15, 0.2) is 24.3 Å². The van der Waals surface area contributed by atoms with Crippen molar-refractivity contribution in [1.29, 1.82) is 0 Å². The third-order valence-corrected chi connectivity index (χ3v) is 12.7. The second kappa shape index (κ2) is 12.2. The van der Waals surface area contributed by atoms with E-state index in [1.54, 1.807) is 0 Å². The Hall–Kier alpha value is -2.44. The maximum atomic E-state index is 12.4. The van der Waals surface area contributed by atoms with Crippen LogP contribution >= 0.6 is 11.8 Å². The SMILES string of the molecule is CC(=O)C(SCCNC(=O)OCc1ccc([N+](=O)[O-])cc1)[C@@H]1NC(=O)[C@@H]1[C@@H](C)O[Si](C)(C)C(C)(C)C. The summed E-state index contributed by atoms with van der Waals surface area (Å²) in [5.41, 5.74) is 0.591. The fourth-order valence-electron chi connectivity index (χ4n) is 3.63. The number of nitro groups is 1. The maximum Gasteiger partial charge on any atom is 0.407 e. The number of hydrogen-bond donors (Lipinski definition) is 2. The zero-order valence-corrected chi connectivity index (χ0v) is 23.8. The van der Waals surface area contributed by atoms with Crippen LogP contribution in [0.4, 0.5) is 10.5 Å². The molecule has 0 saturated carbocycles. The van der Waals surface area contributed by atoms with Gasteiger partial charge >= 0.3 is 6.09 Å². The largest absolute Gasteiger partial charge is 0.445 e. The number of ether oxygens (including phenoxy) is 1. The Balaban J connectivity index is 1.83. The van der Waals surface area contributed by atoms with Gasteiger partial charge in [-0.1, -0.05) is 20.8 Å². The van der Waals surface area contributed by atoms with E-state index in [2.05, 4.69) is 44.5 Å². The topological polar surface area (TPSA) is 137 Å². The molecule has 1 aliphatic heterocycles. The van der Waals surface area contributed by atoms with Crippen molar-refractivity contribution in [2.75, 3.05) is 12.3 Å². The quantitative estimate of drug-likeness (QED) is 0.133. The van der Waals surface area contributed by atoms with Crippen molar-refractivity contribution in [2.24, 2.45) is 5.92 Å². The van der Waals surface area contributed by atoms with Crippen molar-refractivity contribution in [3.63, 3.8) is 0 Å². The lowest BCUT2D eigenvalue weighted by molar-refractivity contribution is -0.384. The molecule has 12 heteroatoms. The lowest BCUT2D eigenvalue weighted by Crippen LogP contribution is -2.68. The first-order valence-electron chi connectivity index (χ1n) is 11.9. The minimum Gasteiger partial charge on any atom is -0.445 e. The van der Waals surface area contributed by atoms with Crippen molar-refractivity contribution in [2.45, 2.75) is 76.8 Å². The number of ketones is 1. The normalized spacial score (nSPS) is 19.5. The number of amides is 2. The van der Waals surface area contributed by atoms with Crippen molar-refractivity contribution < 1.29 is 28.5 Å². The van der Waals surface area contributed by atoms with Gasteiger partial charge < -0.3 is 19.8 Å². The molecule has 0 aromatic heterocycles. The van der Waals surface area contributed by atoms with E-state index in [1.165, 1.54) is 43.0 Å². The van der Waals surface area contributed by atoms with Gasteiger partial charge in [-0.05, 0) is 49.7 Å². The summed E-state index contributed by atoms with van der Waals surface area (Å²) in [6, 6.07) is 5.42. The summed E-state index contributed by atoms with van der Waals surface area (Å²) >= 11 is 1.38. The van der Waals surface area contributed by atoms with Gasteiger partial charge in [-0.2, -0.15) is 0 Å².